The number of ether oxygens (including phenoxy) is 2. The number of carbonyl (C=O) groups is 1. The monoisotopic (exact) mass is 390 g/mol. The Labute approximate surface area is 169 Å². The second-order valence-electron chi connectivity index (χ2n) is 6.71. The van der Waals surface area contributed by atoms with E-state index >= 15 is 0 Å². The minimum absolute atomic E-state index is 0.316. The van der Waals surface area contributed by atoms with Crippen LogP contribution in [-0.4, -0.2) is 36.9 Å². The van der Waals surface area contributed by atoms with Crippen molar-refractivity contribution in [3.05, 3.63) is 71.3 Å². The number of nitrogens with zero attached hydrogens (tertiary/aromatic N) is 3. The Bertz CT molecular complexity index is 999. The van der Waals surface area contributed by atoms with Crippen molar-refractivity contribution in [1.29, 1.82) is 0 Å². The fourth-order valence-electron chi connectivity index (χ4n) is 3.51. The summed E-state index contributed by atoms with van der Waals surface area (Å²) in [6.45, 7) is 1.69. The standard InChI is InChI=1S/C22H22N4O3/c1-28-17-8-5-9-18(29-2)21(17)22(27)23-19-10-11-20(25-24-19)26-13-12-15-6-3-4-7-16(15)14-26/h3-11H,12-14H2,1-2H3,(H,23,24,27). The number of rotatable bonds is 5. The molecule has 4 rings (SSSR count). The smallest absolute Gasteiger partial charge is 0.264 e. The topological polar surface area (TPSA) is 76.6 Å². The summed E-state index contributed by atoms with van der Waals surface area (Å²) in [5.74, 6) is 1.64. The average molecular weight is 390 g/mol. The van der Waals surface area contributed by atoms with E-state index in [1.807, 2.05) is 6.07 Å². The average Bonchev–Trinajstić information content (AvgIpc) is 2.78. The molecule has 1 amide bonds. The van der Waals surface area contributed by atoms with Crippen LogP contribution < -0.4 is 19.7 Å². The number of anilines is 2. The highest BCUT2D eigenvalue weighted by molar-refractivity contribution is 6.07. The van der Waals surface area contributed by atoms with Gasteiger partial charge in [0.05, 0.1) is 14.2 Å². The lowest BCUT2D eigenvalue weighted by molar-refractivity contribution is 0.102. The van der Waals surface area contributed by atoms with Gasteiger partial charge in [0.2, 0.25) is 0 Å². The Balaban J connectivity index is 1.49. The molecule has 29 heavy (non-hydrogen) atoms. The maximum absolute atomic E-state index is 12.7. The van der Waals surface area contributed by atoms with Gasteiger partial charge in [0.1, 0.15) is 17.1 Å². The van der Waals surface area contributed by atoms with Crippen LogP contribution >= 0.6 is 0 Å². The maximum Gasteiger partial charge on any atom is 0.264 e. The zero-order valence-electron chi connectivity index (χ0n) is 16.4. The largest absolute Gasteiger partial charge is 0.496 e. The molecule has 1 aliphatic rings. The fraction of sp³-hybridized carbons (Fsp3) is 0.227. The van der Waals surface area contributed by atoms with Gasteiger partial charge in [0.15, 0.2) is 11.6 Å². The quantitative estimate of drug-likeness (QED) is 0.720. The van der Waals surface area contributed by atoms with Crippen molar-refractivity contribution >= 4 is 17.5 Å². The summed E-state index contributed by atoms with van der Waals surface area (Å²) in [4.78, 5) is 14.9. The lowest BCUT2D eigenvalue weighted by atomic mass is 10.00. The lowest BCUT2D eigenvalue weighted by Crippen LogP contribution is -2.31. The molecule has 1 aromatic heterocycles. The highest BCUT2D eigenvalue weighted by Gasteiger charge is 2.20. The van der Waals surface area contributed by atoms with E-state index in [9.17, 15) is 4.79 Å². The number of methoxy groups -OCH3 is 2. The highest BCUT2D eigenvalue weighted by Crippen LogP contribution is 2.29. The number of fused-ring (bicyclic) bond motifs is 1. The Kier molecular flexibility index (Phi) is 5.29. The lowest BCUT2D eigenvalue weighted by Gasteiger charge is -2.29. The van der Waals surface area contributed by atoms with E-state index in [1.54, 1.807) is 24.3 Å². The van der Waals surface area contributed by atoms with Crippen LogP contribution in [0.5, 0.6) is 11.5 Å². The van der Waals surface area contributed by atoms with E-state index in [4.69, 9.17) is 9.47 Å². The predicted octanol–water partition coefficient (Wildman–Crippen LogP) is 3.31. The van der Waals surface area contributed by atoms with Crippen molar-refractivity contribution in [2.75, 3.05) is 31.0 Å². The molecule has 0 saturated heterocycles. The van der Waals surface area contributed by atoms with Crippen LogP contribution in [-0.2, 0) is 13.0 Å². The number of carbonyl (C=O) groups excluding carboxylic acids is 1. The van der Waals surface area contributed by atoms with Crippen molar-refractivity contribution in [3.63, 3.8) is 0 Å². The number of benzene rings is 2. The van der Waals surface area contributed by atoms with E-state index in [0.29, 0.717) is 22.9 Å². The second-order valence-corrected chi connectivity index (χ2v) is 6.71. The van der Waals surface area contributed by atoms with E-state index in [-0.39, 0.29) is 5.91 Å². The minimum Gasteiger partial charge on any atom is -0.496 e. The number of nitrogens with one attached hydrogen (secondary N) is 1. The first kappa shape index (κ1) is 18.7. The summed E-state index contributed by atoms with van der Waals surface area (Å²) in [5, 5.41) is 11.2. The van der Waals surface area contributed by atoms with Crippen LogP contribution in [0.15, 0.2) is 54.6 Å². The normalized spacial score (nSPS) is 12.8. The van der Waals surface area contributed by atoms with Crippen LogP contribution in [0.4, 0.5) is 11.6 Å². The zero-order chi connectivity index (χ0) is 20.2. The zero-order valence-corrected chi connectivity index (χ0v) is 16.4. The Morgan fingerprint density at radius 1 is 0.931 bits per heavy atom. The third kappa shape index (κ3) is 3.85. The third-order valence-electron chi connectivity index (χ3n) is 5.00. The molecule has 1 N–H and O–H groups in total. The molecule has 148 valence electrons. The molecule has 0 spiro atoms. The van der Waals surface area contributed by atoms with Gasteiger partial charge in [-0.15, -0.1) is 10.2 Å². The van der Waals surface area contributed by atoms with E-state index in [1.165, 1.54) is 25.3 Å². The summed E-state index contributed by atoms with van der Waals surface area (Å²) in [5.41, 5.74) is 3.00. The van der Waals surface area contributed by atoms with Crippen LogP contribution in [0.3, 0.4) is 0 Å². The second kappa shape index (κ2) is 8.18. The third-order valence-corrected chi connectivity index (χ3v) is 5.00. The number of aromatic nitrogens is 2. The molecule has 7 heteroatoms. The number of hydrogen-bond donors (Lipinski definition) is 1. The summed E-state index contributed by atoms with van der Waals surface area (Å²) < 4.78 is 10.6. The first-order chi connectivity index (χ1) is 14.2. The predicted molar refractivity (Wildman–Crippen MR) is 111 cm³/mol. The minimum atomic E-state index is -0.367. The molecule has 0 atom stereocenters. The van der Waals surface area contributed by atoms with Crippen LogP contribution in [0.25, 0.3) is 0 Å². The van der Waals surface area contributed by atoms with Gasteiger partial charge < -0.3 is 19.7 Å². The molecule has 0 fully saturated rings. The molecule has 0 saturated carbocycles. The number of amides is 1. The fourth-order valence-corrected chi connectivity index (χ4v) is 3.51. The van der Waals surface area contributed by atoms with Crippen molar-refractivity contribution in [2.24, 2.45) is 0 Å². The van der Waals surface area contributed by atoms with Crippen molar-refractivity contribution in [2.45, 2.75) is 13.0 Å². The van der Waals surface area contributed by atoms with Gasteiger partial charge in [-0.3, -0.25) is 4.79 Å². The molecule has 0 radical (unpaired) electrons. The van der Waals surface area contributed by atoms with Crippen LogP contribution in [0.2, 0.25) is 0 Å². The maximum atomic E-state index is 12.7. The van der Waals surface area contributed by atoms with Crippen molar-refractivity contribution in [1.82, 2.24) is 10.2 Å². The van der Waals surface area contributed by atoms with Gasteiger partial charge in [-0.1, -0.05) is 30.3 Å². The van der Waals surface area contributed by atoms with Gasteiger partial charge >= 0.3 is 0 Å². The molecule has 1 aliphatic heterocycles. The van der Waals surface area contributed by atoms with Gasteiger partial charge in [-0.2, -0.15) is 0 Å². The van der Waals surface area contributed by atoms with Gasteiger partial charge in [0, 0.05) is 13.1 Å². The van der Waals surface area contributed by atoms with Crippen LogP contribution in [0.1, 0.15) is 21.5 Å². The molecule has 3 aromatic rings. The van der Waals surface area contributed by atoms with Crippen molar-refractivity contribution < 1.29 is 14.3 Å². The highest BCUT2D eigenvalue weighted by atomic mass is 16.5. The van der Waals surface area contributed by atoms with E-state index < -0.39 is 0 Å². The summed E-state index contributed by atoms with van der Waals surface area (Å²) in [6, 6.07) is 17.2. The van der Waals surface area contributed by atoms with Crippen LogP contribution in [0, 0.1) is 0 Å². The van der Waals surface area contributed by atoms with Gasteiger partial charge in [-0.25, -0.2) is 0 Å². The molecule has 0 aliphatic carbocycles. The van der Waals surface area contributed by atoms with E-state index in [2.05, 4.69) is 44.7 Å². The SMILES string of the molecule is COc1cccc(OC)c1C(=O)Nc1ccc(N2CCc3ccccc3C2)nn1. The summed E-state index contributed by atoms with van der Waals surface area (Å²) in [6.07, 6.45) is 0.976. The molecular weight excluding hydrogens is 368 g/mol. The molecule has 2 heterocycles. The molecular formula is C22H22N4O3. The first-order valence-electron chi connectivity index (χ1n) is 9.37. The van der Waals surface area contributed by atoms with Gasteiger partial charge in [-0.05, 0) is 41.8 Å². The molecule has 2 aromatic carbocycles. The summed E-state index contributed by atoms with van der Waals surface area (Å²) in [7, 11) is 3.02. The van der Waals surface area contributed by atoms with Crippen molar-refractivity contribution in [3.8, 4) is 11.5 Å². The Hall–Kier alpha value is -3.61. The number of hydrogen-bond acceptors (Lipinski definition) is 6. The molecule has 0 unspecified atom stereocenters. The van der Waals surface area contributed by atoms with Gasteiger partial charge in [0.25, 0.3) is 5.91 Å². The summed E-state index contributed by atoms with van der Waals surface area (Å²) >= 11 is 0. The molecule has 0 bridgehead atoms. The Morgan fingerprint density at radius 3 is 2.31 bits per heavy atom. The first-order valence-corrected chi connectivity index (χ1v) is 9.37. The Morgan fingerprint density at radius 2 is 1.66 bits per heavy atom. The van der Waals surface area contributed by atoms with E-state index in [0.717, 1.165) is 25.3 Å². The molecule has 7 nitrogen and oxygen atoms in total.